The van der Waals surface area contributed by atoms with Crippen LogP contribution in [0.2, 0.25) is 0 Å². The van der Waals surface area contributed by atoms with Crippen molar-refractivity contribution in [1.82, 2.24) is 5.32 Å². The zero-order chi connectivity index (χ0) is 13.5. The van der Waals surface area contributed by atoms with Crippen molar-refractivity contribution >= 4 is 0 Å². The largest absolute Gasteiger partial charge is 0.382 e. The molecule has 3 heteroatoms. The minimum Gasteiger partial charge on any atom is -0.382 e. The van der Waals surface area contributed by atoms with E-state index in [1.54, 1.807) is 0 Å². The van der Waals surface area contributed by atoms with E-state index >= 15 is 0 Å². The first-order valence-electron chi connectivity index (χ1n) is 7.38. The number of hydrogen-bond donors (Lipinski definition) is 1. The summed E-state index contributed by atoms with van der Waals surface area (Å²) >= 11 is 0. The lowest BCUT2D eigenvalue weighted by Crippen LogP contribution is -2.46. The first-order valence-corrected chi connectivity index (χ1v) is 7.38. The van der Waals surface area contributed by atoms with E-state index in [0.717, 1.165) is 33.0 Å². The fourth-order valence-electron chi connectivity index (χ4n) is 2.47. The molecule has 1 rings (SSSR count). The standard InChI is InChI=1S/C15H31NO2/c1-5-17-10-6-7-15(8-11-18-12-9-15)13-16-14(2,3)4/h16H,5-13H2,1-4H3. The zero-order valence-corrected chi connectivity index (χ0v) is 12.7. The Kier molecular flexibility index (Phi) is 6.61. The minimum absolute atomic E-state index is 0.200. The van der Waals surface area contributed by atoms with E-state index in [0.29, 0.717) is 5.41 Å². The van der Waals surface area contributed by atoms with Crippen molar-refractivity contribution in [3.63, 3.8) is 0 Å². The fraction of sp³-hybridized carbons (Fsp3) is 1.00. The molecule has 3 nitrogen and oxygen atoms in total. The molecule has 0 aromatic rings. The molecule has 0 unspecified atom stereocenters. The topological polar surface area (TPSA) is 30.5 Å². The SMILES string of the molecule is CCOCCCC1(CNC(C)(C)C)CCOCC1. The van der Waals surface area contributed by atoms with Crippen molar-refractivity contribution in [3.05, 3.63) is 0 Å². The van der Waals surface area contributed by atoms with Crippen LogP contribution in [0, 0.1) is 5.41 Å². The average molecular weight is 257 g/mol. The van der Waals surface area contributed by atoms with E-state index in [9.17, 15) is 0 Å². The van der Waals surface area contributed by atoms with Gasteiger partial charge in [-0.2, -0.15) is 0 Å². The van der Waals surface area contributed by atoms with Crippen molar-refractivity contribution in [1.29, 1.82) is 0 Å². The highest BCUT2D eigenvalue weighted by Crippen LogP contribution is 2.35. The number of rotatable bonds is 7. The van der Waals surface area contributed by atoms with Gasteiger partial charge in [-0.05, 0) is 58.8 Å². The van der Waals surface area contributed by atoms with Crippen molar-refractivity contribution in [2.45, 2.75) is 58.9 Å². The molecule has 18 heavy (non-hydrogen) atoms. The van der Waals surface area contributed by atoms with E-state index in [2.05, 4.69) is 33.0 Å². The molecule has 1 heterocycles. The molecule has 0 aromatic carbocycles. The Labute approximate surface area is 113 Å². The molecule has 0 atom stereocenters. The summed E-state index contributed by atoms with van der Waals surface area (Å²) in [5, 5.41) is 3.68. The van der Waals surface area contributed by atoms with Crippen LogP contribution in [0.4, 0.5) is 0 Å². The lowest BCUT2D eigenvalue weighted by Gasteiger charge is -2.39. The molecule has 1 aliphatic heterocycles. The van der Waals surface area contributed by atoms with Crippen LogP contribution in [0.15, 0.2) is 0 Å². The molecule has 0 spiro atoms. The summed E-state index contributed by atoms with van der Waals surface area (Å²) in [6, 6.07) is 0. The van der Waals surface area contributed by atoms with Gasteiger partial charge in [0.25, 0.3) is 0 Å². The van der Waals surface area contributed by atoms with Gasteiger partial charge in [0, 0.05) is 38.5 Å². The summed E-state index contributed by atoms with van der Waals surface area (Å²) in [6.45, 7) is 13.4. The Balaban J connectivity index is 2.41. The molecular weight excluding hydrogens is 226 g/mol. The molecule has 0 amide bonds. The molecule has 1 fully saturated rings. The molecule has 0 bridgehead atoms. The maximum atomic E-state index is 5.53. The molecule has 108 valence electrons. The highest BCUT2D eigenvalue weighted by molar-refractivity contribution is 4.86. The maximum absolute atomic E-state index is 5.53. The predicted molar refractivity (Wildman–Crippen MR) is 76.0 cm³/mol. The van der Waals surface area contributed by atoms with Gasteiger partial charge in [-0.1, -0.05) is 0 Å². The Morgan fingerprint density at radius 2 is 1.89 bits per heavy atom. The summed E-state index contributed by atoms with van der Waals surface area (Å²) in [4.78, 5) is 0. The molecule has 0 aliphatic carbocycles. The Hall–Kier alpha value is -0.120. The summed E-state index contributed by atoms with van der Waals surface area (Å²) in [6.07, 6.45) is 4.78. The molecule has 1 N–H and O–H groups in total. The first kappa shape index (κ1) is 15.9. The summed E-state index contributed by atoms with van der Waals surface area (Å²) in [5.74, 6) is 0. The lowest BCUT2D eigenvalue weighted by molar-refractivity contribution is 0.00240. The minimum atomic E-state index is 0.200. The van der Waals surface area contributed by atoms with Crippen LogP contribution in [0.5, 0.6) is 0 Å². The highest BCUT2D eigenvalue weighted by atomic mass is 16.5. The molecule has 0 aromatic heterocycles. The van der Waals surface area contributed by atoms with Gasteiger partial charge in [0.15, 0.2) is 0 Å². The second-order valence-electron chi connectivity index (χ2n) is 6.52. The van der Waals surface area contributed by atoms with Gasteiger partial charge in [0.05, 0.1) is 0 Å². The van der Waals surface area contributed by atoms with Gasteiger partial charge in [0.2, 0.25) is 0 Å². The van der Waals surface area contributed by atoms with Crippen LogP contribution < -0.4 is 5.32 Å². The molecule has 0 saturated carbocycles. The third-order valence-corrected chi connectivity index (χ3v) is 3.75. The molecular formula is C15H31NO2. The first-order chi connectivity index (χ1) is 8.47. The van der Waals surface area contributed by atoms with Gasteiger partial charge in [0.1, 0.15) is 0 Å². The van der Waals surface area contributed by atoms with Crippen LogP contribution in [-0.2, 0) is 9.47 Å². The summed E-state index contributed by atoms with van der Waals surface area (Å²) < 4.78 is 11.0. The molecule has 1 aliphatic rings. The number of nitrogens with one attached hydrogen (secondary N) is 1. The van der Waals surface area contributed by atoms with E-state index in [1.807, 2.05) is 0 Å². The third kappa shape index (κ3) is 6.17. The second-order valence-corrected chi connectivity index (χ2v) is 6.52. The monoisotopic (exact) mass is 257 g/mol. The van der Waals surface area contributed by atoms with Gasteiger partial charge >= 0.3 is 0 Å². The van der Waals surface area contributed by atoms with Gasteiger partial charge in [-0.15, -0.1) is 0 Å². The summed E-state index contributed by atoms with van der Waals surface area (Å²) in [7, 11) is 0. The van der Waals surface area contributed by atoms with Gasteiger partial charge in [-0.3, -0.25) is 0 Å². The number of hydrogen-bond acceptors (Lipinski definition) is 3. The third-order valence-electron chi connectivity index (χ3n) is 3.75. The van der Waals surface area contributed by atoms with E-state index < -0.39 is 0 Å². The van der Waals surface area contributed by atoms with Gasteiger partial charge < -0.3 is 14.8 Å². The van der Waals surface area contributed by atoms with Crippen molar-refractivity contribution in [2.75, 3.05) is 33.0 Å². The fourth-order valence-corrected chi connectivity index (χ4v) is 2.47. The van der Waals surface area contributed by atoms with E-state index in [4.69, 9.17) is 9.47 Å². The van der Waals surface area contributed by atoms with E-state index in [1.165, 1.54) is 25.7 Å². The Morgan fingerprint density at radius 1 is 1.22 bits per heavy atom. The summed E-state index contributed by atoms with van der Waals surface area (Å²) in [5.41, 5.74) is 0.619. The van der Waals surface area contributed by atoms with Crippen LogP contribution in [-0.4, -0.2) is 38.5 Å². The second kappa shape index (κ2) is 7.46. The highest BCUT2D eigenvalue weighted by Gasteiger charge is 2.32. The van der Waals surface area contributed by atoms with Crippen LogP contribution in [0.25, 0.3) is 0 Å². The van der Waals surface area contributed by atoms with Crippen molar-refractivity contribution in [2.24, 2.45) is 5.41 Å². The zero-order valence-electron chi connectivity index (χ0n) is 12.7. The molecule has 1 saturated heterocycles. The van der Waals surface area contributed by atoms with Crippen LogP contribution >= 0.6 is 0 Å². The lowest BCUT2D eigenvalue weighted by atomic mass is 9.76. The number of ether oxygens (including phenoxy) is 2. The smallest absolute Gasteiger partial charge is 0.0471 e. The van der Waals surface area contributed by atoms with E-state index in [-0.39, 0.29) is 5.54 Å². The quantitative estimate of drug-likeness (QED) is 0.711. The van der Waals surface area contributed by atoms with Crippen LogP contribution in [0.1, 0.15) is 53.4 Å². The van der Waals surface area contributed by atoms with Crippen LogP contribution in [0.3, 0.4) is 0 Å². The normalized spacial score (nSPS) is 20.0. The average Bonchev–Trinajstić information content (AvgIpc) is 2.33. The maximum Gasteiger partial charge on any atom is 0.0471 e. The van der Waals surface area contributed by atoms with Crippen molar-refractivity contribution in [3.8, 4) is 0 Å². The van der Waals surface area contributed by atoms with Crippen molar-refractivity contribution < 1.29 is 9.47 Å². The van der Waals surface area contributed by atoms with Gasteiger partial charge in [-0.25, -0.2) is 0 Å². The Bertz CT molecular complexity index is 217. The molecule has 0 radical (unpaired) electrons. The Morgan fingerprint density at radius 3 is 2.44 bits per heavy atom. The predicted octanol–water partition coefficient (Wildman–Crippen LogP) is 2.99.